The first-order chi connectivity index (χ1) is 7.28. The fourth-order valence-electron chi connectivity index (χ4n) is 1.82. The maximum Gasteiger partial charge on any atom is 0.0898 e. The molecule has 1 atom stereocenters. The summed E-state index contributed by atoms with van der Waals surface area (Å²) < 4.78 is 8.86. The molecule has 1 aliphatic rings. The van der Waals surface area contributed by atoms with Gasteiger partial charge < -0.3 is 4.74 Å². The molecule has 1 unspecified atom stereocenters. The van der Waals surface area contributed by atoms with Crippen molar-refractivity contribution < 1.29 is 4.74 Å². The third kappa shape index (κ3) is 3.15. The van der Waals surface area contributed by atoms with E-state index in [1.54, 1.807) is 0 Å². The maximum absolute atomic E-state index is 5.72. The molecule has 0 saturated carbocycles. The molecule has 0 aliphatic carbocycles. The lowest BCUT2D eigenvalue weighted by molar-refractivity contribution is -0.0358. The zero-order valence-corrected chi connectivity index (χ0v) is 11.1. The molecule has 0 N–H and O–H groups in total. The number of morpholine rings is 1. The van der Waals surface area contributed by atoms with Gasteiger partial charge in [-0.05, 0) is 29.1 Å². The van der Waals surface area contributed by atoms with Crippen LogP contribution in [-0.4, -0.2) is 47.0 Å². The fraction of sp³-hybridized carbons (Fsp3) is 0.700. The lowest BCUT2D eigenvalue weighted by Gasteiger charge is -2.31. The predicted octanol–water partition coefficient (Wildman–Crippen LogP) is 1.21. The van der Waals surface area contributed by atoms with Crippen LogP contribution in [0.15, 0.2) is 12.4 Å². The van der Waals surface area contributed by atoms with Crippen molar-refractivity contribution in [2.75, 3.05) is 26.2 Å². The van der Waals surface area contributed by atoms with Crippen molar-refractivity contribution in [2.24, 2.45) is 0 Å². The summed E-state index contributed by atoms with van der Waals surface area (Å²) >= 11 is 2.27. The number of halogens is 1. The van der Waals surface area contributed by atoms with Gasteiger partial charge >= 0.3 is 0 Å². The minimum atomic E-state index is 0.286. The van der Waals surface area contributed by atoms with E-state index in [-0.39, 0.29) is 6.10 Å². The summed E-state index contributed by atoms with van der Waals surface area (Å²) in [6.07, 6.45) is 4.21. The summed E-state index contributed by atoms with van der Waals surface area (Å²) in [5, 5.41) is 4.27. The van der Waals surface area contributed by atoms with Crippen LogP contribution in [0.5, 0.6) is 0 Å². The first kappa shape index (κ1) is 11.3. The standard InChI is InChI=1S/C10H16IN3O/c1-2-13-3-4-15-10(7-13)8-14-6-9(11)5-12-14/h5-6,10H,2-4,7-8H2,1H3. The molecule has 5 heteroatoms. The van der Waals surface area contributed by atoms with E-state index in [2.05, 4.69) is 45.7 Å². The number of nitrogens with zero attached hydrogens (tertiary/aromatic N) is 3. The highest BCUT2D eigenvalue weighted by molar-refractivity contribution is 14.1. The van der Waals surface area contributed by atoms with Gasteiger partial charge in [0.1, 0.15) is 0 Å². The Morgan fingerprint density at radius 2 is 2.53 bits per heavy atom. The third-order valence-corrected chi connectivity index (χ3v) is 3.22. The van der Waals surface area contributed by atoms with Crippen molar-refractivity contribution in [3.8, 4) is 0 Å². The van der Waals surface area contributed by atoms with Crippen molar-refractivity contribution in [3.05, 3.63) is 16.0 Å². The monoisotopic (exact) mass is 321 g/mol. The lowest BCUT2D eigenvalue weighted by Crippen LogP contribution is -2.44. The topological polar surface area (TPSA) is 30.3 Å². The van der Waals surface area contributed by atoms with Crippen LogP contribution in [-0.2, 0) is 11.3 Å². The van der Waals surface area contributed by atoms with Crippen molar-refractivity contribution in [1.29, 1.82) is 0 Å². The molecule has 1 saturated heterocycles. The highest BCUT2D eigenvalue weighted by Gasteiger charge is 2.19. The molecule has 4 nitrogen and oxygen atoms in total. The average Bonchev–Trinajstić information content (AvgIpc) is 2.64. The number of hydrogen-bond acceptors (Lipinski definition) is 3. The average molecular weight is 321 g/mol. The van der Waals surface area contributed by atoms with Crippen LogP contribution in [0, 0.1) is 3.57 Å². The second-order valence-corrected chi connectivity index (χ2v) is 5.01. The van der Waals surface area contributed by atoms with Crippen LogP contribution < -0.4 is 0 Å². The van der Waals surface area contributed by atoms with E-state index >= 15 is 0 Å². The predicted molar refractivity (Wildman–Crippen MR) is 66.8 cm³/mol. The number of ether oxygens (including phenoxy) is 1. The Bertz CT molecular complexity index is 315. The van der Waals surface area contributed by atoms with Gasteiger partial charge in [-0.25, -0.2) is 0 Å². The molecule has 0 radical (unpaired) electrons. The molecule has 1 aliphatic heterocycles. The number of likely N-dealkylation sites (N-methyl/N-ethyl adjacent to an activating group) is 1. The third-order valence-electron chi connectivity index (χ3n) is 2.66. The van der Waals surface area contributed by atoms with Crippen LogP contribution in [0.25, 0.3) is 0 Å². The Morgan fingerprint density at radius 3 is 3.20 bits per heavy atom. The fourth-order valence-corrected chi connectivity index (χ4v) is 2.27. The normalized spacial score (nSPS) is 23.2. The number of aromatic nitrogens is 2. The second kappa shape index (κ2) is 5.27. The van der Waals surface area contributed by atoms with Crippen molar-refractivity contribution in [1.82, 2.24) is 14.7 Å². The summed E-state index contributed by atoms with van der Waals surface area (Å²) in [4.78, 5) is 2.42. The minimum Gasteiger partial charge on any atom is -0.374 e. The van der Waals surface area contributed by atoms with Gasteiger partial charge in [-0.15, -0.1) is 0 Å². The summed E-state index contributed by atoms with van der Waals surface area (Å²) in [6, 6.07) is 0. The Balaban J connectivity index is 1.88. The summed E-state index contributed by atoms with van der Waals surface area (Å²) in [5.74, 6) is 0. The Hall–Kier alpha value is -0.140. The quantitative estimate of drug-likeness (QED) is 0.784. The molecule has 15 heavy (non-hydrogen) atoms. The molecule has 1 aromatic heterocycles. The largest absolute Gasteiger partial charge is 0.374 e. The zero-order chi connectivity index (χ0) is 10.7. The smallest absolute Gasteiger partial charge is 0.0898 e. The van der Waals surface area contributed by atoms with E-state index < -0.39 is 0 Å². The van der Waals surface area contributed by atoms with Gasteiger partial charge in [0, 0.05) is 19.3 Å². The molecule has 84 valence electrons. The van der Waals surface area contributed by atoms with Crippen LogP contribution in [0.4, 0.5) is 0 Å². The van der Waals surface area contributed by atoms with Crippen LogP contribution >= 0.6 is 22.6 Å². The maximum atomic E-state index is 5.72. The van der Waals surface area contributed by atoms with E-state index in [9.17, 15) is 0 Å². The molecule has 1 fully saturated rings. The SMILES string of the molecule is CCN1CCOC(Cn2cc(I)cn2)C1. The van der Waals surface area contributed by atoms with Crippen molar-refractivity contribution >= 4 is 22.6 Å². The molecular formula is C10H16IN3O. The molecular weight excluding hydrogens is 305 g/mol. The Morgan fingerprint density at radius 1 is 1.67 bits per heavy atom. The summed E-state index contributed by atoms with van der Waals surface area (Å²) in [7, 11) is 0. The molecule has 0 spiro atoms. The second-order valence-electron chi connectivity index (χ2n) is 3.77. The van der Waals surface area contributed by atoms with E-state index in [4.69, 9.17) is 4.74 Å². The minimum absolute atomic E-state index is 0.286. The van der Waals surface area contributed by atoms with E-state index in [0.29, 0.717) is 0 Å². The number of rotatable bonds is 3. The summed E-state index contributed by atoms with van der Waals surface area (Å²) in [5.41, 5.74) is 0. The van der Waals surface area contributed by atoms with Gasteiger partial charge in [0.15, 0.2) is 0 Å². The molecule has 0 amide bonds. The van der Waals surface area contributed by atoms with Crippen molar-refractivity contribution in [3.63, 3.8) is 0 Å². The van der Waals surface area contributed by atoms with E-state index in [1.165, 1.54) is 3.57 Å². The van der Waals surface area contributed by atoms with Crippen LogP contribution in [0.3, 0.4) is 0 Å². The first-order valence-corrected chi connectivity index (χ1v) is 6.37. The van der Waals surface area contributed by atoms with Gasteiger partial charge in [0.25, 0.3) is 0 Å². The summed E-state index contributed by atoms with van der Waals surface area (Å²) in [6.45, 7) is 7.09. The Kier molecular flexibility index (Phi) is 3.99. The van der Waals surface area contributed by atoms with Gasteiger partial charge in [-0.1, -0.05) is 6.92 Å². The zero-order valence-electron chi connectivity index (χ0n) is 8.90. The highest BCUT2D eigenvalue weighted by Crippen LogP contribution is 2.08. The first-order valence-electron chi connectivity index (χ1n) is 5.30. The molecule has 2 heterocycles. The van der Waals surface area contributed by atoms with Gasteiger partial charge in [0.05, 0.1) is 29.0 Å². The van der Waals surface area contributed by atoms with Crippen molar-refractivity contribution in [2.45, 2.75) is 19.6 Å². The Labute approximate surface area is 104 Å². The molecule has 0 bridgehead atoms. The van der Waals surface area contributed by atoms with Crippen LogP contribution in [0.1, 0.15) is 6.92 Å². The molecule has 0 aromatic carbocycles. The van der Waals surface area contributed by atoms with Gasteiger partial charge in [-0.2, -0.15) is 5.10 Å². The van der Waals surface area contributed by atoms with Gasteiger partial charge in [0.2, 0.25) is 0 Å². The number of hydrogen-bond donors (Lipinski definition) is 0. The van der Waals surface area contributed by atoms with E-state index in [0.717, 1.165) is 32.8 Å². The molecule has 2 rings (SSSR count). The molecule has 1 aromatic rings. The van der Waals surface area contributed by atoms with Gasteiger partial charge in [-0.3, -0.25) is 9.58 Å². The van der Waals surface area contributed by atoms with Crippen LogP contribution in [0.2, 0.25) is 0 Å². The van der Waals surface area contributed by atoms with E-state index in [1.807, 2.05) is 10.9 Å². The highest BCUT2D eigenvalue weighted by atomic mass is 127. The lowest BCUT2D eigenvalue weighted by atomic mass is 10.2.